The SMILES string of the molecule is COc1ccc(CNC(=O)c2csc(-c3cccs3)n2)cn1. The second kappa shape index (κ2) is 6.67. The normalized spacial score (nSPS) is 10.4. The second-order valence-electron chi connectivity index (χ2n) is 4.41. The fourth-order valence-electron chi connectivity index (χ4n) is 1.80. The lowest BCUT2D eigenvalue weighted by atomic mass is 10.3. The summed E-state index contributed by atoms with van der Waals surface area (Å²) in [5, 5.41) is 7.47. The van der Waals surface area contributed by atoms with Crippen LogP contribution in [0.25, 0.3) is 9.88 Å². The monoisotopic (exact) mass is 331 g/mol. The summed E-state index contributed by atoms with van der Waals surface area (Å²) >= 11 is 3.08. The van der Waals surface area contributed by atoms with Crippen LogP contribution in [-0.4, -0.2) is 23.0 Å². The number of hydrogen-bond acceptors (Lipinski definition) is 6. The molecular formula is C15H13N3O2S2. The number of thiophene rings is 1. The minimum atomic E-state index is -0.185. The van der Waals surface area contributed by atoms with Crippen LogP contribution in [0.2, 0.25) is 0 Å². The van der Waals surface area contributed by atoms with Gasteiger partial charge in [0.1, 0.15) is 10.7 Å². The highest BCUT2D eigenvalue weighted by atomic mass is 32.1. The lowest BCUT2D eigenvalue weighted by molar-refractivity contribution is 0.0946. The molecule has 0 spiro atoms. The molecule has 1 amide bonds. The zero-order valence-corrected chi connectivity index (χ0v) is 13.4. The van der Waals surface area contributed by atoms with Crippen LogP contribution in [0.5, 0.6) is 5.88 Å². The van der Waals surface area contributed by atoms with Crippen molar-refractivity contribution in [2.24, 2.45) is 0 Å². The first-order valence-electron chi connectivity index (χ1n) is 6.53. The molecule has 112 valence electrons. The Hall–Kier alpha value is -2.25. The molecule has 7 heteroatoms. The predicted molar refractivity (Wildman–Crippen MR) is 87.4 cm³/mol. The number of nitrogens with one attached hydrogen (secondary N) is 1. The lowest BCUT2D eigenvalue weighted by Gasteiger charge is -2.04. The van der Waals surface area contributed by atoms with Crippen molar-refractivity contribution >= 4 is 28.6 Å². The van der Waals surface area contributed by atoms with E-state index in [-0.39, 0.29) is 5.91 Å². The summed E-state index contributed by atoms with van der Waals surface area (Å²) < 4.78 is 5.00. The summed E-state index contributed by atoms with van der Waals surface area (Å²) in [6.07, 6.45) is 1.68. The standard InChI is InChI=1S/C15H13N3O2S2/c1-20-13-5-4-10(7-16-13)8-17-14(19)11-9-22-15(18-11)12-3-2-6-21-12/h2-7,9H,8H2,1H3,(H,17,19). The molecule has 3 aromatic heterocycles. The minimum absolute atomic E-state index is 0.185. The molecule has 5 nitrogen and oxygen atoms in total. The maximum atomic E-state index is 12.1. The highest BCUT2D eigenvalue weighted by Gasteiger charge is 2.12. The summed E-state index contributed by atoms with van der Waals surface area (Å²) in [4.78, 5) is 21.7. The Balaban J connectivity index is 1.62. The molecule has 0 saturated carbocycles. The largest absolute Gasteiger partial charge is 0.481 e. The molecule has 0 aromatic carbocycles. The fraction of sp³-hybridized carbons (Fsp3) is 0.133. The summed E-state index contributed by atoms with van der Waals surface area (Å²) in [5.41, 5.74) is 1.35. The number of carbonyl (C=O) groups excluding carboxylic acids is 1. The number of hydrogen-bond donors (Lipinski definition) is 1. The van der Waals surface area contributed by atoms with Gasteiger partial charge in [-0.2, -0.15) is 0 Å². The first-order chi connectivity index (χ1) is 10.8. The molecule has 3 aromatic rings. The lowest BCUT2D eigenvalue weighted by Crippen LogP contribution is -2.23. The molecule has 0 aliphatic rings. The van der Waals surface area contributed by atoms with Crippen LogP contribution in [0.4, 0.5) is 0 Å². The Morgan fingerprint density at radius 2 is 2.23 bits per heavy atom. The zero-order valence-electron chi connectivity index (χ0n) is 11.8. The van der Waals surface area contributed by atoms with Gasteiger partial charge >= 0.3 is 0 Å². The maximum absolute atomic E-state index is 12.1. The third-order valence-electron chi connectivity index (χ3n) is 2.93. The van der Waals surface area contributed by atoms with Crippen LogP contribution in [-0.2, 0) is 6.54 Å². The highest BCUT2D eigenvalue weighted by Crippen LogP contribution is 2.27. The van der Waals surface area contributed by atoms with Gasteiger partial charge in [-0.05, 0) is 17.0 Å². The van der Waals surface area contributed by atoms with Gasteiger partial charge in [0.15, 0.2) is 0 Å². The number of nitrogens with zero attached hydrogens (tertiary/aromatic N) is 2. The van der Waals surface area contributed by atoms with Crippen LogP contribution in [0, 0.1) is 0 Å². The third-order valence-corrected chi connectivity index (χ3v) is 4.81. The molecule has 3 rings (SSSR count). The van der Waals surface area contributed by atoms with Gasteiger partial charge in [0.05, 0.1) is 12.0 Å². The van der Waals surface area contributed by atoms with Gasteiger partial charge in [0.2, 0.25) is 5.88 Å². The Bertz CT molecular complexity index is 751. The number of amides is 1. The summed E-state index contributed by atoms with van der Waals surface area (Å²) in [6.45, 7) is 0.404. The van der Waals surface area contributed by atoms with Gasteiger partial charge in [-0.3, -0.25) is 4.79 Å². The average molecular weight is 331 g/mol. The zero-order chi connectivity index (χ0) is 15.4. The average Bonchev–Trinajstić information content (AvgIpc) is 3.23. The van der Waals surface area contributed by atoms with Crippen molar-refractivity contribution in [2.75, 3.05) is 7.11 Å². The van der Waals surface area contributed by atoms with Crippen molar-refractivity contribution < 1.29 is 9.53 Å². The molecule has 0 atom stereocenters. The van der Waals surface area contributed by atoms with Crippen LogP contribution in [0.15, 0.2) is 41.2 Å². The topological polar surface area (TPSA) is 64.1 Å². The van der Waals surface area contributed by atoms with Crippen molar-refractivity contribution in [3.8, 4) is 15.8 Å². The molecule has 0 aliphatic heterocycles. The van der Waals surface area contributed by atoms with E-state index >= 15 is 0 Å². The number of carbonyl (C=O) groups is 1. The van der Waals surface area contributed by atoms with E-state index in [0.717, 1.165) is 15.4 Å². The molecule has 0 saturated heterocycles. The molecule has 0 unspecified atom stereocenters. The highest BCUT2D eigenvalue weighted by molar-refractivity contribution is 7.20. The number of rotatable bonds is 5. The van der Waals surface area contributed by atoms with Gasteiger partial charge in [-0.1, -0.05) is 12.1 Å². The van der Waals surface area contributed by atoms with Crippen LogP contribution >= 0.6 is 22.7 Å². The summed E-state index contributed by atoms with van der Waals surface area (Å²) in [6, 6.07) is 7.59. The van der Waals surface area contributed by atoms with Crippen molar-refractivity contribution in [1.29, 1.82) is 0 Å². The molecule has 0 fully saturated rings. The predicted octanol–water partition coefficient (Wildman–Crippen LogP) is 3.21. The van der Waals surface area contributed by atoms with E-state index < -0.39 is 0 Å². The molecule has 1 N–H and O–H groups in total. The van der Waals surface area contributed by atoms with Gasteiger partial charge < -0.3 is 10.1 Å². The Kier molecular flexibility index (Phi) is 4.45. The Labute approximate surface area is 135 Å². The first kappa shape index (κ1) is 14.7. The van der Waals surface area contributed by atoms with E-state index in [4.69, 9.17) is 4.74 Å². The Morgan fingerprint density at radius 1 is 1.32 bits per heavy atom. The van der Waals surface area contributed by atoms with E-state index in [1.54, 1.807) is 36.1 Å². The van der Waals surface area contributed by atoms with Gasteiger partial charge in [-0.15, -0.1) is 22.7 Å². The number of ether oxygens (including phenoxy) is 1. The van der Waals surface area contributed by atoms with Crippen LogP contribution in [0.1, 0.15) is 16.1 Å². The summed E-state index contributed by atoms with van der Waals surface area (Å²) in [5.74, 6) is 0.366. The Morgan fingerprint density at radius 3 is 2.91 bits per heavy atom. The van der Waals surface area contributed by atoms with Crippen molar-refractivity contribution in [2.45, 2.75) is 6.54 Å². The van der Waals surface area contributed by atoms with E-state index in [0.29, 0.717) is 18.1 Å². The maximum Gasteiger partial charge on any atom is 0.271 e. The summed E-state index contributed by atoms with van der Waals surface area (Å²) in [7, 11) is 1.57. The number of aromatic nitrogens is 2. The number of thiazole rings is 1. The molecule has 0 bridgehead atoms. The smallest absolute Gasteiger partial charge is 0.271 e. The second-order valence-corrected chi connectivity index (χ2v) is 6.21. The number of methoxy groups -OCH3 is 1. The first-order valence-corrected chi connectivity index (χ1v) is 8.28. The van der Waals surface area contributed by atoms with Crippen LogP contribution in [0.3, 0.4) is 0 Å². The number of pyridine rings is 1. The van der Waals surface area contributed by atoms with Crippen molar-refractivity contribution in [1.82, 2.24) is 15.3 Å². The van der Waals surface area contributed by atoms with Gasteiger partial charge in [0, 0.05) is 24.2 Å². The van der Waals surface area contributed by atoms with Crippen molar-refractivity contribution in [3.05, 3.63) is 52.5 Å². The molecule has 22 heavy (non-hydrogen) atoms. The molecule has 0 radical (unpaired) electrons. The minimum Gasteiger partial charge on any atom is -0.481 e. The van der Waals surface area contributed by atoms with E-state index in [9.17, 15) is 4.79 Å². The van der Waals surface area contributed by atoms with Crippen molar-refractivity contribution in [3.63, 3.8) is 0 Å². The van der Waals surface area contributed by atoms with Gasteiger partial charge in [0.25, 0.3) is 5.91 Å². The fourth-order valence-corrected chi connectivity index (χ4v) is 3.41. The quantitative estimate of drug-likeness (QED) is 0.780. The van der Waals surface area contributed by atoms with Crippen LogP contribution < -0.4 is 10.1 Å². The third kappa shape index (κ3) is 3.32. The van der Waals surface area contributed by atoms with Gasteiger partial charge in [-0.25, -0.2) is 9.97 Å². The molecular weight excluding hydrogens is 318 g/mol. The van der Waals surface area contributed by atoms with E-state index in [2.05, 4.69) is 15.3 Å². The molecule has 3 heterocycles. The van der Waals surface area contributed by atoms with E-state index in [1.165, 1.54) is 11.3 Å². The molecule has 0 aliphatic carbocycles. The van der Waals surface area contributed by atoms with E-state index in [1.807, 2.05) is 23.6 Å².